The lowest BCUT2D eigenvalue weighted by Crippen LogP contribution is -2.10. The number of ether oxygens (including phenoxy) is 1. The first-order valence-electron chi connectivity index (χ1n) is 6.89. The molecule has 1 amide bonds. The van der Waals surface area contributed by atoms with Crippen LogP contribution in [0.4, 0.5) is 5.69 Å². The van der Waals surface area contributed by atoms with Crippen molar-refractivity contribution in [3.63, 3.8) is 0 Å². The van der Waals surface area contributed by atoms with Crippen LogP contribution in [0.2, 0.25) is 0 Å². The summed E-state index contributed by atoms with van der Waals surface area (Å²) in [7, 11) is 1.63. The number of carbonyl (C=O) groups is 1. The van der Waals surface area contributed by atoms with Gasteiger partial charge in [-0.2, -0.15) is 0 Å². The molecule has 0 radical (unpaired) electrons. The summed E-state index contributed by atoms with van der Waals surface area (Å²) >= 11 is 3.45. The van der Waals surface area contributed by atoms with Crippen LogP contribution in [-0.4, -0.2) is 13.0 Å². The number of anilines is 1. The molecule has 0 aromatic heterocycles. The van der Waals surface area contributed by atoms with E-state index in [1.54, 1.807) is 13.2 Å². The SMILES string of the molecule is COc1ccc(/C=C/C(=O)Nc2c(C)cc(Br)cc2C)cc1. The topological polar surface area (TPSA) is 38.3 Å². The number of halogens is 1. The number of methoxy groups -OCH3 is 1. The van der Waals surface area contributed by atoms with Gasteiger partial charge in [0.15, 0.2) is 0 Å². The Bertz CT molecular complexity index is 683. The normalized spacial score (nSPS) is 10.7. The van der Waals surface area contributed by atoms with E-state index in [1.807, 2.05) is 50.2 Å². The Morgan fingerprint density at radius 3 is 2.27 bits per heavy atom. The first kappa shape index (κ1) is 16.3. The van der Waals surface area contributed by atoms with E-state index in [9.17, 15) is 4.79 Å². The molecule has 2 aromatic carbocycles. The van der Waals surface area contributed by atoms with E-state index in [0.29, 0.717) is 0 Å². The van der Waals surface area contributed by atoms with Gasteiger partial charge in [0.2, 0.25) is 5.91 Å². The summed E-state index contributed by atoms with van der Waals surface area (Å²) in [4.78, 5) is 12.1. The fourth-order valence-electron chi connectivity index (χ4n) is 2.16. The summed E-state index contributed by atoms with van der Waals surface area (Å²) in [6.45, 7) is 3.95. The van der Waals surface area contributed by atoms with Crippen LogP contribution >= 0.6 is 15.9 Å². The molecular weight excluding hydrogens is 342 g/mol. The fraction of sp³-hybridized carbons (Fsp3) is 0.167. The van der Waals surface area contributed by atoms with Crippen LogP contribution in [0.1, 0.15) is 16.7 Å². The minimum absolute atomic E-state index is 0.149. The number of amides is 1. The molecule has 114 valence electrons. The zero-order valence-corrected chi connectivity index (χ0v) is 14.4. The largest absolute Gasteiger partial charge is 0.497 e. The molecule has 0 saturated heterocycles. The van der Waals surface area contributed by atoms with Crippen molar-refractivity contribution in [1.29, 1.82) is 0 Å². The van der Waals surface area contributed by atoms with Gasteiger partial charge in [-0.05, 0) is 60.9 Å². The van der Waals surface area contributed by atoms with Crippen LogP contribution in [0.25, 0.3) is 6.08 Å². The van der Waals surface area contributed by atoms with Crippen molar-refractivity contribution in [3.05, 3.63) is 63.6 Å². The van der Waals surface area contributed by atoms with Gasteiger partial charge in [0, 0.05) is 16.2 Å². The molecule has 2 aromatic rings. The second kappa shape index (κ2) is 7.27. The van der Waals surface area contributed by atoms with Crippen molar-refractivity contribution in [1.82, 2.24) is 0 Å². The summed E-state index contributed by atoms with van der Waals surface area (Å²) in [6.07, 6.45) is 3.31. The van der Waals surface area contributed by atoms with Gasteiger partial charge in [-0.1, -0.05) is 28.1 Å². The second-order valence-corrected chi connectivity index (χ2v) is 5.93. The van der Waals surface area contributed by atoms with E-state index in [0.717, 1.165) is 32.6 Å². The van der Waals surface area contributed by atoms with E-state index in [4.69, 9.17) is 4.74 Å². The number of aryl methyl sites for hydroxylation is 2. The number of hydrogen-bond donors (Lipinski definition) is 1. The van der Waals surface area contributed by atoms with E-state index in [2.05, 4.69) is 21.2 Å². The highest BCUT2D eigenvalue weighted by molar-refractivity contribution is 9.10. The molecule has 0 saturated carbocycles. The minimum Gasteiger partial charge on any atom is -0.497 e. The summed E-state index contributed by atoms with van der Waals surface area (Å²) in [5, 5.41) is 2.93. The first-order valence-corrected chi connectivity index (χ1v) is 7.69. The van der Waals surface area contributed by atoms with Crippen LogP contribution < -0.4 is 10.1 Å². The smallest absolute Gasteiger partial charge is 0.248 e. The lowest BCUT2D eigenvalue weighted by atomic mass is 10.1. The Morgan fingerprint density at radius 1 is 1.14 bits per heavy atom. The van der Waals surface area contributed by atoms with Crippen molar-refractivity contribution < 1.29 is 9.53 Å². The molecule has 0 aliphatic carbocycles. The Labute approximate surface area is 139 Å². The number of nitrogens with one attached hydrogen (secondary N) is 1. The highest BCUT2D eigenvalue weighted by Gasteiger charge is 2.06. The Morgan fingerprint density at radius 2 is 1.73 bits per heavy atom. The van der Waals surface area contributed by atoms with Gasteiger partial charge in [-0.15, -0.1) is 0 Å². The van der Waals surface area contributed by atoms with Gasteiger partial charge in [0.1, 0.15) is 5.75 Å². The molecule has 3 nitrogen and oxygen atoms in total. The van der Waals surface area contributed by atoms with Crippen molar-refractivity contribution in [2.75, 3.05) is 12.4 Å². The zero-order valence-electron chi connectivity index (χ0n) is 12.8. The molecule has 0 aliphatic rings. The van der Waals surface area contributed by atoms with E-state index < -0.39 is 0 Å². The molecule has 0 aliphatic heterocycles. The third kappa shape index (κ3) is 4.21. The lowest BCUT2D eigenvalue weighted by Gasteiger charge is -2.10. The van der Waals surface area contributed by atoms with Gasteiger partial charge in [-0.25, -0.2) is 0 Å². The molecule has 0 bridgehead atoms. The lowest BCUT2D eigenvalue weighted by molar-refractivity contribution is -0.111. The Balaban J connectivity index is 2.08. The van der Waals surface area contributed by atoms with Gasteiger partial charge in [0.05, 0.1) is 7.11 Å². The highest BCUT2D eigenvalue weighted by Crippen LogP contribution is 2.25. The zero-order chi connectivity index (χ0) is 16.1. The summed E-state index contributed by atoms with van der Waals surface area (Å²) in [6, 6.07) is 11.5. The van der Waals surface area contributed by atoms with Crippen LogP contribution in [0.15, 0.2) is 46.9 Å². The summed E-state index contributed by atoms with van der Waals surface area (Å²) < 4.78 is 6.11. The quantitative estimate of drug-likeness (QED) is 0.801. The van der Waals surface area contributed by atoms with Gasteiger partial charge < -0.3 is 10.1 Å². The maximum atomic E-state index is 12.1. The summed E-state index contributed by atoms with van der Waals surface area (Å²) in [5.41, 5.74) is 3.85. The molecular formula is C18H18BrNO2. The van der Waals surface area contributed by atoms with E-state index in [1.165, 1.54) is 6.08 Å². The molecule has 0 spiro atoms. The number of hydrogen-bond acceptors (Lipinski definition) is 2. The van der Waals surface area contributed by atoms with Gasteiger partial charge >= 0.3 is 0 Å². The summed E-state index contributed by atoms with van der Waals surface area (Å²) in [5.74, 6) is 0.645. The molecule has 0 fully saturated rings. The molecule has 1 N–H and O–H groups in total. The average Bonchev–Trinajstić information content (AvgIpc) is 2.49. The van der Waals surface area contributed by atoms with Crippen molar-refractivity contribution in [2.24, 2.45) is 0 Å². The van der Waals surface area contributed by atoms with E-state index in [-0.39, 0.29) is 5.91 Å². The molecule has 2 rings (SSSR count). The number of carbonyl (C=O) groups excluding carboxylic acids is 1. The predicted octanol–water partition coefficient (Wildman–Crippen LogP) is 4.73. The minimum atomic E-state index is -0.149. The van der Waals surface area contributed by atoms with E-state index >= 15 is 0 Å². The molecule has 4 heteroatoms. The number of benzene rings is 2. The molecule has 22 heavy (non-hydrogen) atoms. The standard InChI is InChI=1S/C18H18BrNO2/c1-12-10-15(19)11-13(2)18(12)20-17(21)9-6-14-4-7-16(22-3)8-5-14/h4-11H,1-3H3,(H,20,21)/b9-6+. The molecule has 0 unspecified atom stereocenters. The third-order valence-electron chi connectivity index (χ3n) is 3.29. The monoisotopic (exact) mass is 359 g/mol. The highest BCUT2D eigenvalue weighted by atomic mass is 79.9. The van der Waals surface area contributed by atoms with Crippen LogP contribution in [0, 0.1) is 13.8 Å². The van der Waals surface area contributed by atoms with Crippen LogP contribution in [-0.2, 0) is 4.79 Å². The first-order chi connectivity index (χ1) is 10.5. The predicted molar refractivity (Wildman–Crippen MR) is 94.3 cm³/mol. The van der Waals surface area contributed by atoms with Crippen molar-refractivity contribution >= 4 is 33.6 Å². The fourth-order valence-corrected chi connectivity index (χ4v) is 2.85. The second-order valence-electron chi connectivity index (χ2n) is 5.01. The Hall–Kier alpha value is -2.07. The van der Waals surface area contributed by atoms with Crippen LogP contribution in [0.5, 0.6) is 5.75 Å². The molecule has 0 atom stereocenters. The van der Waals surface area contributed by atoms with Gasteiger partial charge in [0.25, 0.3) is 0 Å². The maximum absolute atomic E-state index is 12.1. The number of rotatable bonds is 4. The Kier molecular flexibility index (Phi) is 5.39. The third-order valence-corrected chi connectivity index (χ3v) is 3.75. The van der Waals surface area contributed by atoms with Crippen LogP contribution in [0.3, 0.4) is 0 Å². The van der Waals surface area contributed by atoms with Crippen molar-refractivity contribution in [3.8, 4) is 5.75 Å². The molecule has 0 heterocycles. The van der Waals surface area contributed by atoms with Crippen molar-refractivity contribution in [2.45, 2.75) is 13.8 Å². The average molecular weight is 360 g/mol. The maximum Gasteiger partial charge on any atom is 0.248 e. The van der Waals surface area contributed by atoms with Gasteiger partial charge in [-0.3, -0.25) is 4.79 Å².